The first-order valence-corrected chi connectivity index (χ1v) is 7.51. The van der Waals surface area contributed by atoms with E-state index in [1.165, 1.54) is 0 Å². The van der Waals surface area contributed by atoms with Crippen LogP contribution in [0.4, 0.5) is 0 Å². The fraction of sp³-hybridized carbons (Fsp3) is 0.294. The van der Waals surface area contributed by atoms with Crippen LogP contribution in [0.15, 0.2) is 48.8 Å². The maximum Gasteiger partial charge on any atom is 0.255 e. The van der Waals surface area contributed by atoms with Crippen molar-refractivity contribution in [1.82, 2.24) is 15.6 Å². The zero-order chi connectivity index (χ0) is 15.2. The SMILES string of the molecule is O=C(NC1CCNCC1)c1ccccc1Oc1cccnc1. The highest BCUT2D eigenvalue weighted by Crippen LogP contribution is 2.24. The quantitative estimate of drug-likeness (QED) is 0.909. The average Bonchev–Trinajstić information content (AvgIpc) is 2.57. The molecule has 0 bridgehead atoms. The van der Waals surface area contributed by atoms with Gasteiger partial charge in [-0.2, -0.15) is 0 Å². The van der Waals surface area contributed by atoms with Crippen LogP contribution in [0.3, 0.4) is 0 Å². The Morgan fingerprint density at radius 1 is 1.18 bits per heavy atom. The lowest BCUT2D eigenvalue weighted by Gasteiger charge is -2.24. The van der Waals surface area contributed by atoms with Crippen LogP contribution in [-0.4, -0.2) is 30.0 Å². The molecule has 0 aliphatic carbocycles. The van der Waals surface area contributed by atoms with Gasteiger partial charge in [-0.05, 0) is 50.2 Å². The van der Waals surface area contributed by atoms with E-state index < -0.39 is 0 Å². The molecule has 1 aliphatic rings. The summed E-state index contributed by atoms with van der Waals surface area (Å²) in [5.41, 5.74) is 0.546. The Morgan fingerprint density at radius 3 is 2.77 bits per heavy atom. The number of rotatable bonds is 4. The molecule has 0 saturated carbocycles. The van der Waals surface area contributed by atoms with Gasteiger partial charge < -0.3 is 15.4 Å². The molecule has 0 radical (unpaired) electrons. The van der Waals surface area contributed by atoms with Crippen molar-refractivity contribution in [1.29, 1.82) is 0 Å². The zero-order valence-corrected chi connectivity index (χ0v) is 12.3. The monoisotopic (exact) mass is 297 g/mol. The molecule has 1 aromatic carbocycles. The van der Waals surface area contributed by atoms with Crippen LogP contribution in [0.1, 0.15) is 23.2 Å². The van der Waals surface area contributed by atoms with Gasteiger partial charge in [0.2, 0.25) is 0 Å². The second kappa shape index (κ2) is 7.04. The molecule has 3 rings (SSSR count). The fourth-order valence-corrected chi connectivity index (χ4v) is 2.51. The molecule has 22 heavy (non-hydrogen) atoms. The van der Waals surface area contributed by atoms with Crippen LogP contribution >= 0.6 is 0 Å². The van der Waals surface area contributed by atoms with E-state index in [1.807, 2.05) is 18.2 Å². The highest BCUT2D eigenvalue weighted by atomic mass is 16.5. The number of hydrogen-bond acceptors (Lipinski definition) is 4. The smallest absolute Gasteiger partial charge is 0.255 e. The Bertz CT molecular complexity index is 625. The number of benzene rings is 1. The second-order valence-corrected chi connectivity index (χ2v) is 5.28. The second-order valence-electron chi connectivity index (χ2n) is 5.28. The van der Waals surface area contributed by atoms with Gasteiger partial charge in [-0.3, -0.25) is 9.78 Å². The molecule has 1 aliphatic heterocycles. The number of pyridine rings is 1. The number of para-hydroxylation sites is 1. The van der Waals surface area contributed by atoms with Crippen LogP contribution in [0, 0.1) is 0 Å². The van der Waals surface area contributed by atoms with Gasteiger partial charge in [0.25, 0.3) is 5.91 Å². The van der Waals surface area contributed by atoms with E-state index in [9.17, 15) is 4.79 Å². The lowest BCUT2D eigenvalue weighted by Crippen LogP contribution is -2.42. The van der Waals surface area contributed by atoms with Crippen molar-refractivity contribution in [3.63, 3.8) is 0 Å². The van der Waals surface area contributed by atoms with Gasteiger partial charge in [0.15, 0.2) is 0 Å². The molecule has 0 spiro atoms. The topological polar surface area (TPSA) is 63.2 Å². The summed E-state index contributed by atoms with van der Waals surface area (Å²) in [5.74, 6) is 1.07. The Kier molecular flexibility index (Phi) is 4.65. The maximum atomic E-state index is 12.5. The van der Waals surface area contributed by atoms with E-state index in [4.69, 9.17) is 4.74 Å². The average molecular weight is 297 g/mol. The van der Waals surface area contributed by atoms with Gasteiger partial charge >= 0.3 is 0 Å². The number of nitrogens with one attached hydrogen (secondary N) is 2. The summed E-state index contributed by atoms with van der Waals surface area (Å²) in [5, 5.41) is 6.38. The minimum Gasteiger partial charge on any atom is -0.455 e. The standard InChI is InChI=1S/C17H19N3O2/c21-17(20-13-7-10-18-11-8-13)15-5-1-2-6-16(15)22-14-4-3-9-19-12-14/h1-6,9,12-13,18H,7-8,10-11H2,(H,20,21). The number of piperidine rings is 1. The van der Waals surface area contributed by atoms with Gasteiger partial charge in [0.1, 0.15) is 11.5 Å². The Hall–Kier alpha value is -2.40. The number of ether oxygens (including phenoxy) is 1. The summed E-state index contributed by atoms with van der Waals surface area (Å²) in [6, 6.07) is 11.1. The summed E-state index contributed by atoms with van der Waals surface area (Å²) in [6.07, 6.45) is 5.22. The molecule has 2 heterocycles. The molecule has 5 heteroatoms. The minimum absolute atomic E-state index is 0.0913. The summed E-state index contributed by atoms with van der Waals surface area (Å²) < 4.78 is 5.78. The molecule has 1 aromatic heterocycles. The number of amides is 1. The molecule has 1 amide bonds. The lowest BCUT2D eigenvalue weighted by atomic mass is 10.1. The number of hydrogen-bond donors (Lipinski definition) is 2. The zero-order valence-electron chi connectivity index (χ0n) is 12.3. The molecular weight excluding hydrogens is 278 g/mol. The lowest BCUT2D eigenvalue weighted by molar-refractivity contribution is 0.0927. The number of nitrogens with zero attached hydrogens (tertiary/aromatic N) is 1. The normalized spacial score (nSPS) is 15.3. The molecule has 1 saturated heterocycles. The number of carbonyl (C=O) groups excluding carboxylic acids is 1. The van der Waals surface area contributed by atoms with Gasteiger partial charge in [-0.15, -0.1) is 0 Å². The molecule has 114 valence electrons. The predicted molar refractivity (Wildman–Crippen MR) is 84.1 cm³/mol. The third-order valence-corrected chi connectivity index (χ3v) is 3.67. The first-order valence-electron chi connectivity index (χ1n) is 7.51. The molecule has 0 atom stereocenters. The summed E-state index contributed by atoms with van der Waals surface area (Å²) in [4.78, 5) is 16.5. The van der Waals surface area contributed by atoms with Crippen molar-refractivity contribution >= 4 is 5.91 Å². The van der Waals surface area contributed by atoms with Crippen molar-refractivity contribution in [3.05, 3.63) is 54.4 Å². The van der Waals surface area contributed by atoms with Crippen molar-refractivity contribution in [2.45, 2.75) is 18.9 Å². The summed E-state index contributed by atoms with van der Waals surface area (Å²) in [6.45, 7) is 1.89. The van der Waals surface area contributed by atoms with Crippen LogP contribution in [0.25, 0.3) is 0 Å². The molecule has 2 N–H and O–H groups in total. The Morgan fingerprint density at radius 2 is 2.00 bits per heavy atom. The summed E-state index contributed by atoms with van der Waals surface area (Å²) in [7, 11) is 0. The molecule has 1 fully saturated rings. The van der Waals surface area contributed by atoms with Crippen LogP contribution in [-0.2, 0) is 0 Å². The van der Waals surface area contributed by atoms with Crippen LogP contribution < -0.4 is 15.4 Å². The Balaban J connectivity index is 1.74. The molecular formula is C17H19N3O2. The first kappa shape index (κ1) is 14.5. The maximum absolute atomic E-state index is 12.5. The highest BCUT2D eigenvalue weighted by Gasteiger charge is 2.19. The van der Waals surface area contributed by atoms with E-state index in [-0.39, 0.29) is 11.9 Å². The van der Waals surface area contributed by atoms with Crippen LogP contribution in [0.2, 0.25) is 0 Å². The highest BCUT2D eigenvalue weighted by molar-refractivity contribution is 5.97. The van der Waals surface area contributed by atoms with Crippen molar-refractivity contribution in [3.8, 4) is 11.5 Å². The first-order chi connectivity index (χ1) is 10.8. The summed E-state index contributed by atoms with van der Waals surface area (Å²) >= 11 is 0. The third-order valence-electron chi connectivity index (χ3n) is 3.67. The Labute approximate surface area is 129 Å². The van der Waals surface area contributed by atoms with Crippen molar-refractivity contribution in [2.24, 2.45) is 0 Å². The van der Waals surface area contributed by atoms with Crippen LogP contribution in [0.5, 0.6) is 11.5 Å². The largest absolute Gasteiger partial charge is 0.455 e. The van der Waals surface area contributed by atoms with E-state index in [2.05, 4.69) is 15.6 Å². The van der Waals surface area contributed by atoms with Gasteiger partial charge in [0, 0.05) is 12.2 Å². The van der Waals surface area contributed by atoms with E-state index >= 15 is 0 Å². The van der Waals surface area contributed by atoms with Gasteiger partial charge in [-0.25, -0.2) is 0 Å². The van der Waals surface area contributed by atoms with Gasteiger partial charge in [0.05, 0.1) is 11.8 Å². The fourth-order valence-electron chi connectivity index (χ4n) is 2.51. The number of carbonyl (C=O) groups is 1. The minimum atomic E-state index is -0.0913. The molecule has 0 unspecified atom stereocenters. The van der Waals surface area contributed by atoms with Gasteiger partial charge in [-0.1, -0.05) is 12.1 Å². The molecule has 5 nitrogen and oxygen atoms in total. The number of aromatic nitrogens is 1. The molecule has 2 aromatic rings. The van der Waals surface area contributed by atoms with Crippen molar-refractivity contribution in [2.75, 3.05) is 13.1 Å². The third kappa shape index (κ3) is 3.62. The predicted octanol–water partition coefficient (Wildman–Crippen LogP) is 2.36. The van der Waals surface area contributed by atoms with E-state index in [1.54, 1.807) is 30.6 Å². The van der Waals surface area contributed by atoms with E-state index in [0.29, 0.717) is 17.1 Å². The van der Waals surface area contributed by atoms with E-state index in [0.717, 1.165) is 25.9 Å². The van der Waals surface area contributed by atoms with Crippen molar-refractivity contribution < 1.29 is 9.53 Å².